The van der Waals surface area contributed by atoms with E-state index < -0.39 is 0 Å². The third kappa shape index (κ3) is 5.36. The second kappa shape index (κ2) is 10.5. The Bertz CT molecular complexity index is 1080. The third-order valence-corrected chi connectivity index (χ3v) is 7.23. The summed E-state index contributed by atoms with van der Waals surface area (Å²) in [5.41, 5.74) is 4.63. The molecule has 0 saturated carbocycles. The fraction of sp³-hybridized carbons (Fsp3) is 0.481. The Kier molecular flexibility index (Phi) is 7.00. The van der Waals surface area contributed by atoms with Crippen LogP contribution in [0.5, 0.6) is 0 Å². The van der Waals surface area contributed by atoms with Crippen molar-refractivity contribution in [3.63, 3.8) is 0 Å². The molecule has 180 valence electrons. The van der Waals surface area contributed by atoms with E-state index in [1.807, 2.05) is 0 Å². The fourth-order valence-corrected chi connectivity index (χ4v) is 5.14. The number of nitrogens with one attached hydrogen (secondary N) is 2. The number of aromatic amines is 1. The first-order chi connectivity index (χ1) is 16.7. The summed E-state index contributed by atoms with van der Waals surface area (Å²) in [5.74, 6) is 1.25. The number of carbonyl (C=O) groups is 1. The van der Waals surface area contributed by atoms with E-state index in [9.17, 15) is 4.79 Å². The van der Waals surface area contributed by atoms with Gasteiger partial charge in [0.15, 0.2) is 0 Å². The number of anilines is 2. The molecule has 0 radical (unpaired) electrons. The van der Waals surface area contributed by atoms with E-state index in [1.165, 1.54) is 11.3 Å². The van der Waals surface area contributed by atoms with E-state index >= 15 is 0 Å². The van der Waals surface area contributed by atoms with Crippen LogP contribution in [0.3, 0.4) is 0 Å². The molecule has 2 saturated heterocycles. The molecule has 0 bridgehead atoms. The predicted molar refractivity (Wildman–Crippen MR) is 138 cm³/mol. The number of hydrogen-bond acceptors (Lipinski definition) is 5. The maximum Gasteiger partial charge on any atom is 0.223 e. The van der Waals surface area contributed by atoms with Crippen LogP contribution in [0, 0.1) is 12.8 Å². The van der Waals surface area contributed by atoms with Gasteiger partial charge in [-0.3, -0.25) is 9.69 Å². The van der Waals surface area contributed by atoms with E-state index in [1.54, 1.807) is 0 Å². The molecule has 0 spiro atoms. The summed E-state index contributed by atoms with van der Waals surface area (Å²) in [7, 11) is 0. The molecule has 7 nitrogen and oxygen atoms in total. The number of hydrogen-bond donors (Lipinski definition) is 2. The molecule has 3 heterocycles. The summed E-state index contributed by atoms with van der Waals surface area (Å²) in [6, 6.07) is 16.9. The molecule has 1 aromatic heterocycles. The van der Waals surface area contributed by atoms with Crippen molar-refractivity contribution in [3.05, 3.63) is 54.1 Å². The molecule has 5 rings (SSSR count). The number of amides is 1. The Labute approximate surface area is 202 Å². The maximum atomic E-state index is 12.7. The summed E-state index contributed by atoms with van der Waals surface area (Å²) >= 11 is 0. The van der Waals surface area contributed by atoms with Crippen molar-refractivity contribution < 1.29 is 4.79 Å². The largest absolute Gasteiger partial charge is 0.369 e. The number of aromatic nitrogens is 2. The van der Waals surface area contributed by atoms with Crippen LogP contribution in [-0.2, 0) is 4.79 Å². The van der Waals surface area contributed by atoms with Gasteiger partial charge in [-0.05, 0) is 62.6 Å². The number of carbonyl (C=O) groups excluding carboxylic acids is 1. The first kappa shape index (κ1) is 22.7. The smallest absolute Gasteiger partial charge is 0.223 e. The molecular weight excluding hydrogens is 424 g/mol. The van der Waals surface area contributed by atoms with Crippen molar-refractivity contribution in [2.75, 3.05) is 62.2 Å². The second-order valence-corrected chi connectivity index (χ2v) is 9.65. The van der Waals surface area contributed by atoms with Gasteiger partial charge >= 0.3 is 0 Å². The lowest BCUT2D eigenvalue weighted by Crippen LogP contribution is -2.47. The average Bonchev–Trinajstić information content (AvgIpc) is 3.31. The number of rotatable bonds is 7. The highest BCUT2D eigenvalue weighted by atomic mass is 16.1. The summed E-state index contributed by atoms with van der Waals surface area (Å²) in [6.45, 7) is 9.94. The van der Waals surface area contributed by atoms with Crippen LogP contribution in [0.15, 0.2) is 48.5 Å². The molecule has 2 aliphatic rings. The average molecular weight is 461 g/mol. The Morgan fingerprint density at radius 2 is 1.76 bits per heavy atom. The number of benzene rings is 2. The summed E-state index contributed by atoms with van der Waals surface area (Å²) in [5, 5.41) is 3.19. The molecule has 3 aromatic rings. The number of piperazine rings is 1. The van der Waals surface area contributed by atoms with Gasteiger partial charge in [0.05, 0.1) is 11.0 Å². The molecule has 34 heavy (non-hydrogen) atoms. The van der Waals surface area contributed by atoms with Crippen LogP contribution in [-0.4, -0.2) is 73.1 Å². The molecular formula is C27H36N6O. The first-order valence-corrected chi connectivity index (χ1v) is 12.7. The highest BCUT2D eigenvalue weighted by Gasteiger charge is 2.26. The molecule has 2 N–H and O–H groups in total. The number of fused-ring (bicyclic) bond motifs is 1. The predicted octanol–water partition coefficient (Wildman–Crippen LogP) is 3.42. The van der Waals surface area contributed by atoms with Gasteiger partial charge in [0.25, 0.3) is 0 Å². The molecule has 0 aliphatic carbocycles. The van der Waals surface area contributed by atoms with Crippen LogP contribution in [0.2, 0.25) is 0 Å². The molecule has 2 fully saturated rings. The lowest BCUT2D eigenvalue weighted by molar-refractivity contribution is -0.125. The number of nitrogens with zero attached hydrogens (tertiary/aromatic N) is 4. The molecule has 0 unspecified atom stereocenters. The van der Waals surface area contributed by atoms with Crippen molar-refractivity contribution in [2.24, 2.45) is 5.92 Å². The fourth-order valence-electron chi connectivity index (χ4n) is 5.14. The SMILES string of the molecule is Cc1ccc2nc(N3CCC(C(=O)NCCCN4CCN(c5ccccc5)CC4)CC3)[nH]c2c1. The zero-order valence-corrected chi connectivity index (χ0v) is 20.2. The van der Waals surface area contributed by atoms with Crippen LogP contribution >= 0.6 is 0 Å². The van der Waals surface area contributed by atoms with Crippen molar-refractivity contribution in [1.29, 1.82) is 0 Å². The second-order valence-electron chi connectivity index (χ2n) is 9.65. The van der Waals surface area contributed by atoms with Crippen LogP contribution in [0.1, 0.15) is 24.8 Å². The standard InChI is InChI=1S/C27H36N6O/c1-21-8-9-24-25(20-21)30-27(29-24)33-14-10-22(11-15-33)26(34)28-12-5-13-31-16-18-32(19-17-31)23-6-3-2-4-7-23/h2-4,6-9,20,22H,5,10-19H2,1H3,(H,28,34)(H,29,30). The normalized spacial score (nSPS) is 17.9. The van der Waals surface area contributed by atoms with E-state index in [0.717, 1.165) is 88.6 Å². The quantitative estimate of drug-likeness (QED) is 0.529. The zero-order chi connectivity index (χ0) is 23.3. The molecule has 2 aromatic carbocycles. The Balaban J connectivity index is 0.994. The van der Waals surface area contributed by atoms with Gasteiger partial charge in [-0.2, -0.15) is 0 Å². The van der Waals surface area contributed by atoms with Crippen LogP contribution in [0.25, 0.3) is 11.0 Å². The van der Waals surface area contributed by atoms with Gasteiger partial charge < -0.3 is 20.1 Å². The number of imidazole rings is 1. The maximum absolute atomic E-state index is 12.7. The summed E-state index contributed by atoms with van der Waals surface area (Å²) < 4.78 is 0. The van der Waals surface area contributed by atoms with E-state index in [0.29, 0.717) is 0 Å². The number of aryl methyl sites for hydroxylation is 1. The first-order valence-electron chi connectivity index (χ1n) is 12.7. The van der Waals surface area contributed by atoms with Crippen LogP contribution in [0.4, 0.5) is 11.6 Å². The Morgan fingerprint density at radius 3 is 2.53 bits per heavy atom. The van der Waals surface area contributed by atoms with Crippen molar-refractivity contribution in [1.82, 2.24) is 20.2 Å². The van der Waals surface area contributed by atoms with E-state index in [2.05, 4.69) is 80.5 Å². The van der Waals surface area contributed by atoms with Gasteiger partial charge in [0.2, 0.25) is 11.9 Å². The molecule has 0 atom stereocenters. The Morgan fingerprint density at radius 1 is 1.00 bits per heavy atom. The topological polar surface area (TPSA) is 67.5 Å². The minimum Gasteiger partial charge on any atom is -0.369 e. The van der Waals surface area contributed by atoms with E-state index in [4.69, 9.17) is 4.98 Å². The van der Waals surface area contributed by atoms with Gasteiger partial charge in [-0.1, -0.05) is 24.3 Å². The van der Waals surface area contributed by atoms with Crippen molar-refractivity contribution >= 4 is 28.6 Å². The van der Waals surface area contributed by atoms with Gasteiger partial charge in [0, 0.05) is 57.4 Å². The Hall–Kier alpha value is -3.06. The molecule has 2 aliphatic heterocycles. The van der Waals surface area contributed by atoms with Gasteiger partial charge in [-0.15, -0.1) is 0 Å². The third-order valence-electron chi connectivity index (χ3n) is 7.23. The molecule has 7 heteroatoms. The monoisotopic (exact) mass is 460 g/mol. The lowest BCUT2D eigenvalue weighted by Gasteiger charge is -2.36. The van der Waals surface area contributed by atoms with Gasteiger partial charge in [0.1, 0.15) is 0 Å². The summed E-state index contributed by atoms with van der Waals surface area (Å²) in [4.78, 5) is 28.1. The zero-order valence-electron chi connectivity index (χ0n) is 20.2. The highest BCUT2D eigenvalue weighted by molar-refractivity contribution is 5.80. The van der Waals surface area contributed by atoms with Crippen LogP contribution < -0.4 is 15.1 Å². The van der Waals surface area contributed by atoms with Crippen molar-refractivity contribution in [2.45, 2.75) is 26.2 Å². The summed E-state index contributed by atoms with van der Waals surface area (Å²) in [6.07, 6.45) is 2.76. The minimum absolute atomic E-state index is 0.109. The number of piperidine rings is 1. The number of para-hydroxylation sites is 1. The highest BCUT2D eigenvalue weighted by Crippen LogP contribution is 2.24. The van der Waals surface area contributed by atoms with Crippen molar-refractivity contribution in [3.8, 4) is 0 Å². The lowest BCUT2D eigenvalue weighted by atomic mass is 9.96. The van der Waals surface area contributed by atoms with Gasteiger partial charge in [-0.25, -0.2) is 4.98 Å². The number of H-pyrrole nitrogens is 1. The minimum atomic E-state index is 0.109. The molecule has 1 amide bonds. The van der Waals surface area contributed by atoms with E-state index in [-0.39, 0.29) is 11.8 Å².